The number of hydrogen-bond donors (Lipinski definition) is 0. The van der Waals surface area contributed by atoms with Crippen LogP contribution in [0.3, 0.4) is 0 Å². The van der Waals surface area contributed by atoms with Crippen molar-refractivity contribution >= 4 is 9.04 Å². The van der Waals surface area contributed by atoms with Crippen LogP contribution in [0.4, 0.5) is 0 Å². The van der Waals surface area contributed by atoms with Crippen LogP contribution in [0.1, 0.15) is 84.5 Å². The molecule has 0 heterocycles. The van der Waals surface area contributed by atoms with Crippen molar-refractivity contribution in [1.82, 2.24) is 0 Å². The minimum Gasteiger partial charge on any atom is -0.414 e. The summed E-state index contributed by atoms with van der Waals surface area (Å²) < 4.78 is 6.10. The van der Waals surface area contributed by atoms with Crippen molar-refractivity contribution in [3.05, 3.63) is 0 Å². The highest BCUT2D eigenvalue weighted by atomic mass is 28.3. The highest BCUT2D eigenvalue weighted by Crippen LogP contribution is 2.16. The fraction of sp³-hybridized carbons (Fsp3) is 1.00. The van der Waals surface area contributed by atoms with Crippen LogP contribution in [0.25, 0.3) is 0 Å². The van der Waals surface area contributed by atoms with Gasteiger partial charge < -0.3 is 4.43 Å². The summed E-state index contributed by atoms with van der Waals surface area (Å²) in [5, 5.41) is 0. The van der Waals surface area contributed by atoms with Gasteiger partial charge in [-0.25, -0.2) is 0 Å². The maximum atomic E-state index is 6.10. The van der Waals surface area contributed by atoms with E-state index in [4.69, 9.17) is 4.43 Å². The molecule has 0 saturated carbocycles. The molecule has 0 aliphatic heterocycles. The molecule has 0 fully saturated rings. The molecule has 0 rings (SSSR count). The van der Waals surface area contributed by atoms with Crippen molar-refractivity contribution in [2.24, 2.45) is 0 Å². The summed E-state index contributed by atoms with van der Waals surface area (Å²) in [6.07, 6.45) is 15.6. The molecule has 1 nitrogen and oxygen atoms in total. The summed E-state index contributed by atoms with van der Waals surface area (Å²) in [5.74, 6) is 0. The summed E-state index contributed by atoms with van der Waals surface area (Å²) >= 11 is 0. The van der Waals surface area contributed by atoms with Gasteiger partial charge in [0.05, 0.1) is 0 Å². The van der Waals surface area contributed by atoms with Crippen LogP contribution in [0, 0.1) is 0 Å². The Kier molecular flexibility index (Phi) is 13.7. The summed E-state index contributed by atoms with van der Waals surface area (Å²) in [6, 6.07) is 0. The second kappa shape index (κ2) is 13.6. The van der Waals surface area contributed by atoms with Crippen molar-refractivity contribution < 1.29 is 4.43 Å². The number of hydrogen-bond acceptors (Lipinski definition) is 1. The molecule has 0 amide bonds. The lowest BCUT2D eigenvalue weighted by atomic mass is 10.0. The second-order valence-corrected chi connectivity index (χ2v) is 7.75. The van der Waals surface area contributed by atoms with Crippen LogP contribution in [0.5, 0.6) is 0 Å². The van der Waals surface area contributed by atoms with Gasteiger partial charge in [0.2, 0.25) is 9.04 Å². The molecule has 1 unspecified atom stereocenters. The summed E-state index contributed by atoms with van der Waals surface area (Å²) in [4.78, 5) is 0. The first-order valence-corrected chi connectivity index (χ1v) is 10.6. The van der Waals surface area contributed by atoms with Crippen LogP contribution >= 0.6 is 0 Å². The van der Waals surface area contributed by atoms with Gasteiger partial charge >= 0.3 is 0 Å². The highest BCUT2D eigenvalue weighted by molar-refractivity contribution is 6.48. The van der Waals surface area contributed by atoms with Crippen molar-refractivity contribution in [3.8, 4) is 0 Å². The third-order valence-corrected chi connectivity index (χ3v) is 4.22. The number of rotatable bonds is 13. The molecule has 0 aromatic rings. The molecule has 0 aliphatic carbocycles. The molecule has 0 N–H and O–H groups in total. The molecule has 1 radical (unpaired) electrons. The zero-order chi connectivity index (χ0) is 13.6. The van der Waals surface area contributed by atoms with Gasteiger partial charge in [-0.3, -0.25) is 0 Å². The molecule has 18 heavy (non-hydrogen) atoms. The van der Waals surface area contributed by atoms with Gasteiger partial charge in [0.25, 0.3) is 0 Å². The van der Waals surface area contributed by atoms with Crippen LogP contribution in [0.15, 0.2) is 0 Å². The van der Waals surface area contributed by atoms with Crippen LogP contribution < -0.4 is 0 Å². The maximum absolute atomic E-state index is 6.10. The first-order valence-electron chi connectivity index (χ1n) is 8.17. The van der Waals surface area contributed by atoms with E-state index in [0.29, 0.717) is 6.10 Å². The summed E-state index contributed by atoms with van der Waals surface area (Å²) in [7, 11) is -0.517. The average molecular weight is 272 g/mol. The van der Waals surface area contributed by atoms with Crippen molar-refractivity contribution in [3.63, 3.8) is 0 Å². The smallest absolute Gasteiger partial charge is 0.205 e. The summed E-state index contributed by atoms with van der Waals surface area (Å²) in [5.41, 5.74) is 0. The Morgan fingerprint density at radius 3 is 1.78 bits per heavy atom. The predicted octanol–water partition coefficient (Wildman–Crippen LogP) is 5.95. The molecule has 0 aliphatic rings. The van der Waals surface area contributed by atoms with E-state index >= 15 is 0 Å². The lowest BCUT2D eigenvalue weighted by molar-refractivity contribution is 0.175. The van der Waals surface area contributed by atoms with Gasteiger partial charge in [-0.1, -0.05) is 71.6 Å². The largest absolute Gasteiger partial charge is 0.414 e. The minimum atomic E-state index is -0.517. The van der Waals surface area contributed by atoms with E-state index in [1.165, 1.54) is 70.6 Å². The van der Waals surface area contributed by atoms with Crippen molar-refractivity contribution in [2.45, 2.75) is 104 Å². The molecular formula is C16H35OSi. The monoisotopic (exact) mass is 271 g/mol. The molecule has 0 aromatic heterocycles. The van der Waals surface area contributed by atoms with Crippen molar-refractivity contribution in [1.29, 1.82) is 0 Å². The topological polar surface area (TPSA) is 9.23 Å². The second-order valence-electron chi connectivity index (χ2n) is 5.70. The van der Waals surface area contributed by atoms with Crippen LogP contribution in [-0.4, -0.2) is 15.1 Å². The SMILES string of the molecule is CCCCCCCCCC(CCCC)O[Si](C)C. The van der Waals surface area contributed by atoms with E-state index in [9.17, 15) is 0 Å². The fourth-order valence-corrected chi connectivity index (χ4v) is 3.26. The van der Waals surface area contributed by atoms with E-state index in [1.807, 2.05) is 0 Å². The first-order chi connectivity index (χ1) is 8.70. The van der Waals surface area contributed by atoms with E-state index < -0.39 is 9.04 Å². The number of unbranched alkanes of at least 4 members (excludes halogenated alkanes) is 7. The molecule has 109 valence electrons. The zero-order valence-electron chi connectivity index (χ0n) is 13.3. The maximum Gasteiger partial charge on any atom is 0.205 e. The van der Waals surface area contributed by atoms with Gasteiger partial charge in [-0.15, -0.1) is 0 Å². The third-order valence-electron chi connectivity index (χ3n) is 3.41. The van der Waals surface area contributed by atoms with Gasteiger partial charge in [0.1, 0.15) is 0 Å². The molecule has 1 atom stereocenters. The van der Waals surface area contributed by atoms with Gasteiger partial charge in [0, 0.05) is 6.10 Å². The Balaban J connectivity index is 3.49. The molecule has 0 saturated heterocycles. The van der Waals surface area contributed by atoms with Crippen LogP contribution in [-0.2, 0) is 4.43 Å². The normalized spacial score (nSPS) is 13.2. The van der Waals surface area contributed by atoms with Gasteiger partial charge in [0.15, 0.2) is 0 Å². The minimum absolute atomic E-state index is 0.517. The Bertz CT molecular complexity index is 159. The lowest BCUT2D eigenvalue weighted by Gasteiger charge is -2.19. The first kappa shape index (κ1) is 18.2. The summed E-state index contributed by atoms with van der Waals surface area (Å²) in [6.45, 7) is 9.07. The predicted molar refractivity (Wildman–Crippen MR) is 84.5 cm³/mol. The lowest BCUT2D eigenvalue weighted by Crippen LogP contribution is -2.20. The Hall–Kier alpha value is 0.177. The average Bonchev–Trinajstić information content (AvgIpc) is 2.34. The molecule has 0 bridgehead atoms. The quantitative estimate of drug-likeness (QED) is 0.297. The van der Waals surface area contributed by atoms with Gasteiger partial charge in [-0.2, -0.15) is 0 Å². The Morgan fingerprint density at radius 2 is 1.22 bits per heavy atom. The fourth-order valence-electron chi connectivity index (χ4n) is 2.36. The third kappa shape index (κ3) is 12.6. The Morgan fingerprint density at radius 1 is 0.722 bits per heavy atom. The van der Waals surface area contributed by atoms with Crippen molar-refractivity contribution in [2.75, 3.05) is 0 Å². The highest BCUT2D eigenvalue weighted by Gasteiger charge is 2.10. The van der Waals surface area contributed by atoms with E-state index in [1.54, 1.807) is 0 Å². The van der Waals surface area contributed by atoms with Crippen LogP contribution in [0.2, 0.25) is 13.1 Å². The molecule has 0 aromatic carbocycles. The standard InChI is InChI=1S/C16H35OSi/c1-5-7-9-10-11-12-13-15-16(14-8-6-2)17-18(3)4/h16H,5-15H2,1-4H3. The molecule has 0 spiro atoms. The zero-order valence-corrected chi connectivity index (χ0v) is 14.3. The van der Waals surface area contributed by atoms with E-state index in [0.717, 1.165) is 0 Å². The van der Waals surface area contributed by atoms with E-state index in [2.05, 4.69) is 26.9 Å². The molecule has 2 heteroatoms. The van der Waals surface area contributed by atoms with E-state index in [-0.39, 0.29) is 0 Å². The van der Waals surface area contributed by atoms with Gasteiger partial charge in [-0.05, 0) is 25.9 Å². The Labute approximate surface area is 117 Å². The molecular weight excluding hydrogens is 236 g/mol.